The number of aromatic nitrogens is 2. The van der Waals surface area contributed by atoms with Crippen LogP contribution in [-0.2, 0) is 6.42 Å². The third kappa shape index (κ3) is 5.38. The Balaban J connectivity index is 1.89. The van der Waals surface area contributed by atoms with Crippen LogP contribution in [0.5, 0.6) is 6.01 Å². The summed E-state index contributed by atoms with van der Waals surface area (Å²) < 4.78 is 43.1. The van der Waals surface area contributed by atoms with Gasteiger partial charge in [-0.1, -0.05) is 12.1 Å². The fourth-order valence-electron chi connectivity index (χ4n) is 3.13. The van der Waals surface area contributed by atoms with Crippen molar-refractivity contribution in [2.45, 2.75) is 32.4 Å². The van der Waals surface area contributed by atoms with Gasteiger partial charge in [0, 0.05) is 38.7 Å². The molecule has 0 radical (unpaired) electrons. The van der Waals surface area contributed by atoms with Crippen molar-refractivity contribution in [2.75, 3.05) is 33.2 Å². The van der Waals surface area contributed by atoms with E-state index >= 15 is 0 Å². The number of hydrogen-bond acceptors (Lipinski definition) is 7. The van der Waals surface area contributed by atoms with Crippen LogP contribution in [0.3, 0.4) is 0 Å². The van der Waals surface area contributed by atoms with Crippen LogP contribution >= 0.6 is 0 Å². The van der Waals surface area contributed by atoms with Gasteiger partial charge in [-0.2, -0.15) is 18.2 Å². The first-order valence-electron chi connectivity index (χ1n) is 9.47. The lowest BCUT2D eigenvalue weighted by molar-refractivity contribution is -0.133. The molecule has 3 heterocycles. The highest BCUT2D eigenvalue weighted by atomic mass is 19.4. The van der Waals surface area contributed by atoms with Crippen LogP contribution in [0.2, 0.25) is 0 Å². The topological polar surface area (TPSA) is 104 Å². The number of aryl methyl sites for hydroxylation is 1. The minimum absolute atomic E-state index is 0.104. The summed E-state index contributed by atoms with van der Waals surface area (Å²) in [6, 6.07) is 0.836. The fraction of sp³-hybridized carbons (Fsp3) is 0.556. The van der Waals surface area contributed by atoms with Crippen molar-refractivity contribution in [1.82, 2.24) is 19.8 Å². The fourth-order valence-corrected chi connectivity index (χ4v) is 3.13. The van der Waals surface area contributed by atoms with Crippen LogP contribution < -0.4 is 16.0 Å². The molecule has 0 aromatic carbocycles. The first kappa shape index (κ1) is 21.8. The van der Waals surface area contributed by atoms with E-state index < -0.39 is 23.8 Å². The Morgan fingerprint density at radius 3 is 2.63 bits per heavy atom. The van der Waals surface area contributed by atoms with E-state index in [1.165, 1.54) is 6.07 Å². The quantitative estimate of drug-likeness (QED) is 0.438. The molecule has 0 atom stereocenters. The number of halogens is 3. The second kappa shape index (κ2) is 8.86. The largest absolute Gasteiger partial charge is 0.403 e. The van der Waals surface area contributed by atoms with Crippen molar-refractivity contribution in [2.24, 2.45) is 5.16 Å². The molecule has 1 fully saturated rings. The van der Waals surface area contributed by atoms with E-state index in [2.05, 4.69) is 20.0 Å². The maximum Gasteiger partial charge on any atom is 0.389 e. The highest BCUT2D eigenvalue weighted by Gasteiger charge is 2.29. The third-order valence-corrected chi connectivity index (χ3v) is 4.79. The van der Waals surface area contributed by atoms with Gasteiger partial charge in [-0.15, -0.1) is 0 Å². The molecular weight excluding hydrogens is 407 g/mol. The second-order valence-electron chi connectivity index (χ2n) is 7.00. The Labute approximate surface area is 169 Å². The normalized spacial score (nSPS) is 16.3. The van der Waals surface area contributed by atoms with Crippen molar-refractivity contribution in [3.05, 3.63) is 32.4 Å². The summed E-state index contributed by atoms with van der Waals surface area (Å²) in [6.07, 6.45) is -5.36. The van der Waals surface area contributed by atoms with Crippen LogP contribution in [0, 0.1) is 0 Å². The van der Waals surface area contributed by atoms with Gasteiger partial charge in [0.25, 0.3) is 5.56 Å². The SMILES string of the molecule is CCc1cc(=O)oc2nc(O/N=C(/CCC(F)(F)F)N3CCN(C)CC3)[nH]c(=O)c12. The minimum Gasteiger partial charge on any atom is -0.403 e. The van der Waals surface area contributed by atoms with E-state index in [0.717, 1.165) is 0 Å². The number of oxime groups is 1. The van der Waals surface area contributed by atoms with Gasteiger partial charge >= 0.3 is 17.8 Å². The van der Waals surface area contributed by atoms with Crippen LogP contribution in [0.15, 0.2) is 25.2 Å². The lowest BCUT2D eigenvalue weighted by atomic mass is 10.1. The van der Waals surface area contributed by atoms with Gasteiger partial charge in [0.05, 0.1) is 6.42 Å². The Hall–Kier alpha value is -2.89. The van der Waals surface area contributed by atoms with Gasteiger partial charge in [-0.3, -0.25) is 9.78 Å². The number of nitrogens with zero attached hydrogens (tertiary/aromatic N) is 4. The molecule has 0 bridgehead atoms. The van der Waals surface area contributed by atoms with Gasteiger partial charge in [0.1, 0.15) is 11.2 Å². The molecule has 2 aromatic heterocycles. The predicted molar refractivity (Wildman–Crippen MR) is 103 cm³/mol. The standard InChI is InChI=1S/C18H22F3N5O4/c1-3-11-10-13(27)29-16-14(11)15(28)22-17(23-16)30-24-12(4-5-18(19,20)21)26-8-6-25(2)7-9-26/h10H,3-9H2,1-2H3,(H,22,23,28)/b24-12-. The summed E-state index contributed by atoms with van der Waals surface area (Å²) in [6.45, 7) is 4.09. The Morgan fingerprint density at radius 1 is 1.30 bits per heavy atom. The number of H-pyrrole nitrogens is 1. The molecule has 0 unspecified atom stereocenters. The molecule has 1 aliphatic rings. The number of fused-ring (bicyclic) bond motifs is 1. The maximum absolute atomic E-state index is 12.7. The van der Waals surface area contributed by atoms with Crippen molar-refractivity contribution < 1.29 is 22.4 Å². The van der Waals surface area contributed by atoms with Gasteiger partial charge in [-0.05, 0) is 19.0 Å². The molecule has 164 valence electrons. The number of alkyl halides is 3. The van der Waals surface area contributed by atoms with Crippen molar-refractivity contribution in [3.63, 3.8) is 0 Å². The molecule has 2 aromatic rings. The Kier molecular flexibility index (Phi) is 6.44. The predicted octanol–water partition coefficient (Wildman–Crippen LogP) is 1.72. The zero-order valence-corrected chi connectivity index (χ0v) is 16.6. The molecule has 30 heavy (non-hydrogen) atoms. The van der Waals surface area contributed by atoms with Crippen molar-refractivity contribution in [1.29, 1.82) is 0 Å². The molecule has 1 aliphatic heterocycles. The van der Waals surface area contributed by atoms with E-state index in [0.29, 0.717) is 38.2 Å². The van der Waals surface area contributed by atoms with E-state index in [1.807, 2.05) is 7.05 Å². The number of hydrogen-bond donors (Lipinski definition) is 1. The Morgan fingerprint density at radius 2 is 2.00 bits per heavy atom. The Bertz CT molecular complexity index is 1040. The summed E-state index contributed by atoms with van der Waals surface area (Å²) in [7, 11) is 1.92. The highest BCUT2D eigenvalue weighted by molar-refractivity contribution is 5.82. The maximum atomic E-state index is 12.7. The van der Waals surface area contributed by atoms with Crippen LogP contribution in [0.25, 0.3) is 11.1 Å². The number of likely N-dealkylation sites (N-methyl/N-ethyl adjacent to an activating group) is 1. The van der Waals surface area contributed by atoms with E-state index in [9.17, 15) is 22.8 Å². The average molecular weight is 429 g/mol. The minimum atomic E-state index is -4.34. The summed E-state index contributed by atoms with van der Waals surface area (Å²) in [5.74, 6) is 0.104. The molecule has 1 saturated heterocycles. The van der Waals surface area contributed by atoms with Crippen molar-refractivity contribution >= 4 is 16.9 Å². The molecule has 0 saturated carbocycles. The lowest BCUT2D eigenvalue weighted by Gasteiger charge is -2.34. The van der Waals surface area contributed by atoms with Crippen LogP contribution in [0.1, 0.15) is 25.3 Å². The van der Waals surface area contributed by atoms with Crippen LogP contribution in [0.4, 0.5) is 13.2 Å². The van der Waals surface area contributed by atoms with Gasteiger partial charge in [0.15, 0.2) is 0 Å². The van der Waals surface area contributed by atoms with E-state index in [1.54, 1.807) is 11.8 Å². The van der Waals surface area contributed by atoms with Gasteiger partial charge in [0.2, 0.25) is 5.71 Å². The smallest absolute Gasteiger partial charge is 0.389 e. The monoisotopic (exact) mass is 429 g/mol. The molecule has 0 aliphatic carbocycles. The number of rotatable bonds is 5. The van der Waals surface area contributed by atoms with Crippen molar-refractivity contribution in [3.8, 4) is 6.01 Å². The summed E-state index contributed by atoms with van der Waals surface area (Å²) in [5, 5.41) is 3.95. The van der Waals surface area contributed by atoms with Gasteiger partial charge in [-0.25, -0.2) is 4.79 Å². The first-order chi connectivity index (χ1) is 14.2. The first-order valence-corrected chi connectivity index (χ1v) is 9.47. The molecular formula is C18H22F3N5O4. The molecule has 12 heteroatoms. The zero-order valence-electron chi connectivity index (χ0n) is 16.6. The molecule has 0 amide bonds. The number of nitrogens with one attached hydrogen (secondary N) is 1. The van der Waals surface area contributed by atoms with E-state index in [-0.39, 0.29) is 29.4 Å². The lowest BCUT2D eigenvalue weighted by Crippen LogP contribution is -2.47. The number of piperazine rings is 1. The molecule has 9 nitrogen and oxygen atoms in total. The van der Waals surface area contributed by atoms with E-state index in [4.69, 9.17) is 9.25 Å². The summed E-state index contributed by atoms with van der Waals surface area (Å²) >= 11 is 0. The third-order valence-electron chi connectivity index (χ3n) is 4.79. The highest BCUT2D eigenvalue weighted by Crippen LogP contribution is 2.23. The second-order valence-corrected chi connectivity index (χ2v) is 7.00. The van der Waals surface area contributed by atoms with Gasteiger partial charge < -0.3 is 19.1 Å². The molecule has 1 N–H and O–H groups in total. The average Bonchev–Trinajstić information content (AvgIpc) is 2.67. The number of amidine groups is 1. The summed E-state index contributed by atoms with van der Waals surface area (Å²) in [4.78, 5) is 39.3. The number of aromatic amines is 1. The zero-order chi connectivity index (χ0) is 21.9. The molecule has 0 spiro atoms. The molecule has 3 rings (SSSR count). The van der Waals surface area contributed by atoms with Crippen LogP contribution in [-0.4, -0.2) is 65.0 Å². The summed E-state index contributed by atoms with van der Waals surface area (Å²) in [5.41, 5.74) is -1.02.